The van der Waals surface area contributed by atoms with Crippen molar-refractivity contribution in [3.8, 4) is 40.6 Å². The zero-order valence-electron chi connectivity index (χ0n) is 18.7. The van der Waals surface area contributed by atoms with E-state index in [1.165, 1.54) is 13.3 Å². The van der Waals surface area contributed by atoms with E-state index in [-0.39, 0.29) is 34.1 Å². The molecule has 0 atom stereocenters. The second-order valence-corrected chi connectivity index (χ2v) is 9.41. The van der Waals surface area contributed by atoms with Crippen LogP contribution in [0.4, 0.5) is 0 Å². The third-order valence-corrected chi connectivity index (χ3v) is 5.95. The molecular weight excluding hydrogens is 488 g/mol. The van der Waals surface area contributed by atoms with Gasteiger partial charge in [-0.2, -0.15) is 0 Å². The molecule has 1 saturated carbocycles. The number of benzene rings is 1. The van der Waals surface area contributed by atoms with Crippen molar-refractivity contribution in [2.24, 2.45) is 5.92 Å². The van der Waals surface area contributed by atoms with Gasteiger partial charge in [0.2, 0.25) is 0 Å². The van der Waals surface area contributed by atoms with Crippen molar-refractivity contribution in [1.29, 1.82) is 10.8 Å². The SMILES string of the molecule is COc1cnc(Cl)cc1-c1cc(C#CC2(O)COC2)ccc1C(=O)NC(=N)SC(=N)C#CC1CC1. The number of carbonyl (C=O) groups excluding carboxylic acids is 1. The van der Waals surface area contributed by atoms with Crippen LogP contribution in [0.25, 0.3) is 11.1 Å². The summed E-state index contributed by atoms with van der Waals surface area (Å²) in [4.78, 5) is 17.1. The molecule has 1 aliphatic carbocycles. The number of methoxy groups -OCH3 is 1. The van der Waals surface area contributed by atoms with Gasteiger partial charge in [-0.15, -0.1) is 0 Å². The molecule has 35 heavy (non-hydrogen) atoms. The Bertz CT molecular complexity index is 1330. The molecule has 4 rings (SSSR count). The number of hydrogen-bond donors (Lipinski definition) is 4. The van der Waals surface area contributed by atoms with E-state index in [9.17, 15) is 9.90 Å². The first-order chi connectivity index (χ1) is 16.8. The average molecular weight is 509 g/mol. The van der Waals surface area contributed by atoms with Crippen molar-refractivity contribution < 1.29 is 19.4 Å². The monoisotopic (exact) mass is 508 g/mol. The van der Waals surface area contributed by atoms with Gasteiger partial charge in [0, 0.05) is 22.6 Å². The molecule has 4 N–H and O–H groups in total. The number of aromatic nitrogens is 1. The second kappa shape index (κ2) is 10.5. The number of carbonyl (C=O) groups is 1. The first kappa shape index (κ1) is 24.8. The molecule has 0 unspecified atom stereocenters. The number of halogens is 1. The van der Waals surface area contributed by atoms with E-state index in [4.69, 9.17) is 31.9 Å². The fourth-order valence-corrected chi connectivity index (χ4v) is 3.72. The normalized spacial score (nSPS) is 15.4. The molecule has 2 aromatic rings. The molecule has 0 bridgehead atoms. The lowest BCUT2D eigenvalue weighted by Crippen LogP contribution is -2.48. The van der Waals surface area contributed by atoms with Gasteiger partial charge in [0.25, 0.3) is 5.91 Å². The maximum absolute atomic E-state index is 13.1. The van der Waals surface area contributed by atoms with Gasteiger partial charge < -0.3 is 19.9 Å². The molecule has 2 aliphatic rings. The zero-order valence-corrected chi connectivity index (χ0v) is 20.3. The highest BCUT2D eigenvalue weighted by atomic mass is 35.5. The standard InChI is InChI=1S/C25H21ClN4O4S/c1-33-20-12-29-21(26)11-19(20)18-10-16(8-9-25(32)13-34-14-25)4-6-17(18)23(31)30-24(28)35-22(27)7-5-15-2-3-15/h4,6,10-12,15,27,32H,2-3,13-14H2,1H3,(H2,28,30,31). The Morgan fingerprint density at radius 2 is 2.09 bits per heavy atom. The lowest BCUT2D eigenvalue weighted by Gasteiger charge is -2.30. The molecule has 178 valence electrons. The Labute approximate surface area is 211 Å². The van der Waals surface area contributed by atoms with Crippen molar-refractivity contribution in [2.75, 3.05) is 20.3 Å². The summed E-state index contributed by atoms with van der Waals surface area (Å²) < 4.78 is 10.4. The van der Waals surface area contributed by atoms with Crippen LogP contribution in [0.1, 0.15) is 28.8 Å². The Morgan fingerprint density at radius 1 is 1.31 bits per heavy atom. The number of amidine groups is 1. The number of pyridine rings is 1. The predicted molar refractivity (Wildman–Crippen MR) is 135 cm³/mol. The summed E-state index contributed by atoms with van der Waals surface area (Å²) in [7, 11) is 1.48. The number of nitrogens with zero attached hydrogens (tertiary/aromatic N) is 1. The van der Waals surface area contributed by atoms with Crippen LogP contribution in [-0.4, -0.2) is 52.1 Å². The molecule has 1 aromatic carbocycles. The quantitative estimate of drug-likeness (QED) is 0.218. The van der Waals surface area contributed by atoms with E-state index < -0.39 is 11.5 Å². The van der Waals surface area contributed by atoms with Gasteiger partial charge in [0.05, 0.1) is 26.5 Å². The highest BCUT2D eigenvalue weighted by Crippen LogP contribution is 2.34. The molecule has 0 spiro atoms. The Morgan fingerprint density at radius 3 is 2.74 bits per heavy atom. The fraction of sp³-hybridized carbons (Fsp3) is 0.280. The van der Waals surface area contributed by atoms with Gasteiger partial charge >= 0.3 is 0 Å². The number of amides is 1. The molecule has 1 amide bonds. The van der Waals surface area contributed by atoms with Crippen molar-refractivity contribution >= 4 is 39.5 Å². The summed E-state index contributed by atoms with van der Waals surface area (Å²) in [6.07, 6.45) is 3.53. The van der Waals surface area contributed by atoms with Crippen LogP contribution in [0.2, 0.25) is 5.15 Å². The summed E-state index contributed by atoms with van der Waals surface area (Å²) in [6.45, 7) is 0.280. The first-order valence-corrected chi connectivity index (χ1v) is 11.8. The highest BCUT2D eigenvalue weighted by molar-refractivity contribution is 8.26. The average Bonchev–Trinajstić information content (AvgIpc) is 3.64. The third kappa shape index (κ3) is 6.41. The molecule has 8 nitrogen and oxygen atoms in total. The van der Waals surface area contributed by atoms with E-state index in [1.807, 2.05) is 0 Å². The number of thioether (sulfide) groups is 1. The topological polar surface area (TPSA) is 128 Å². The summed E-state index contributed by atoms with van der Waals surface area (Å²) in [6, 6.07) is 6.46. The van der Waals surface area contributed by atoms with E-state index in [2.05, 4.69) is 34.0 Å². The van der Waals surface area contributed by atoms with Gasteiger partial charge in [0.1, 0.15) is 15.9 Å². The molecule has 1 saturated heterocycles. The van der Waals surface area contributed by atoms with Crippen LogP contribution in [0.5, 0.6) is 5.75 Å². The Balaban J connectivity index is 1.63. The summed E-state index contributed by atoms with van der Waals surface area (Å²) >= 11 is 6.90. The summed E-state index contributed by atoms with van der Waals surface area (Å²) in [5, 5.41) is 28.7. The van der Waals surface area contributed by atoms with Gasteiger partial charge in [0.15, 0.2) is 10.8 Å². The van der Waals surface area contributed by atoms with Crippen LogP contribution in [0, 0.1) is 40.4 Å². The third-order valence-electron chi connectivity index (χ3n) is 5.13. The van der Waals surface area contributed by atoms with Crippen LogP contribution in [0.3, 0.4) is 0 Å². The lowest BCUT2D eigenvalue weighted by atomic mass is 9.96. The minimum Gasteiger partial charge on any atom is -0.494 e. The largest absolute Gasteiger partial charge is 0.494 e. The van der Waals surface area contributed by atoms with E-state index >= 15 is 0 Å². The van der Waals surface area contributed by atoms with Crippen LogP contribution in [-0.2, 0) is 4.74 Å². The maximum Gasteiger partial charge on any atom is 0.257 e. The van der Waals surface area contributed by atoms with Crippen molar-refractivity contribution in [3.63, 3.8) is 0 Å². The summed E-state index contributed by atoms with van der Waals surface area (Å²) in [5.41, 5.74) is 0.562. The Kier molecular flexibility index (Phi) is 7.44. The second-order valence-electron chi connectivity index (χ2n) is 8.00. The molecule has 10 heteroatoms. The Hall–Kier alpha value is -3.34. The van der Waals surface area contributed by atoms with Gasteiger partial charge in [-0.3, -0.25) is 15.6 Å². The number of aliphatic hydroxyl groups is 1. The van der Waals surface area contributed by atoms with Crippen LogP contribution in [0.15, 0.2) is 30.5 Å². The fourth-order valence-electron chi connectivity index (χ4n) is 3.11. The smallest absolute Gasteiger partial charge is 0.257 e. The first-order valence-electron chi connectivity index (χ1n) is 10.6. The lowest BCUT2D eigenvalue weighted by molar-refractivity contribution is -0.140. The zero-order chi connectivity index (χ0) is 25.0. The molecule has 1 aromatic heterocycles. The minimum atomic E-state index is -1.19. The van der Waals surface area contributed by atoms with Crippen molar-refractivity contribution in [2.45, 2.75) is 18.4 Å². The van der Waals surface area contributed by atoms with E-state index in [0.717, 1.165) is 24.6 Å². The van der Waals surface area contributed by atoms with Crippen LogP contribution >= 0.6 is 23.4 Å². The van der Waals surface area contributed by atoms with Crippen molar-refractivity contribution in [1.82, 2.24) is 10.3 Å². The molecule has 0 radical (unpaired) electrons. The number of rotatable bonds is 3. The van der Waals surface area contributed by atoms with E-state index in [1.54, 1.807) is 24.3 Å². The van der Waals surface area contributed by atoms with Gasteiger partial charge in [-0.05, 0) is 60.4 Å². The number of hydrogen-bond acceptors (Lipinski definition) is 8. The summed E-state index contributed by atoms with van der Waals surface area (Å²) in [5.74, 6) is 11.6. The van der Waals surface area contributed by atoms with Gasteiger partial charge in [-0.25, -0.2) is 4.98 Å². The van der Waals surface area contributed by atoms with E-state index in [0.29, 0.717) is 28.4 Å². The van der Waals surface area contributed by atoms with Crippen molar-refractivity contribution in [3.05, 3.63) is 46.7 Å². The van der Waals surface area contributed by atoms with Crippen LogP contribution < -0.4 is 10.1 Å². The molecule has 1 aliphatic heterocycles. The predicted octanol–water partition coefficient (Wildman–Crippen LogP) is 3.31. The minimum absolute atomic E-state index is 0.00598. The van der Waals surface area contributed by atoms with Gasteiger partial charge in [-0.1, -0.05) is 29.4 Å². The molecular formula is C25H21ClN4O4S. The highest BCUT2D eigenvalue weighted by Gasteiger charge is 2.33. The number of nitrogens with one attached hydrogen (secondary N) is 3. The number of ether oxygens (including phenoxy) is 2. The molecule has 2 fully saturated rings. The molecule has 2 heterocycles. The maximum atomic E-state index is 13.1.